The Kier molecular flexibility index (Phi) is 13.0. The van der Waals surface area contributed by atoms with Crippen LogP contribution in [-0.4, -0.2) is 53.6 Å². The van der Waals surface area contributed by atoms with E-state index in [0.717, 1.165) is 18.9 Å². The summed E-state index contributed by atoms with van der Waals surface area (Å²) in [6.07, 6.45) is 16.4. The maximum Gasteiger partial charge on any atom is 0.397 e. The number of allylic oxidation sites excluding steroid dienone is 5. The predicted molar refractivity (Wildman–Crippen MR) is 122 cm³/mol. The topological polar surface area (TPSA) is 130 Å². The average Bonchev–Trinajstić information content (AvgIpc) is 2.72. The van der Waals surface area contributed by atoms with Crippen LogP contribution >= 0.6 is 0 Å². The second-order valence-corrected chi connectivity index (χ2v) is 8.57. The maximum absolute atomic E-state index is 11.3. The van der Waals surface area contributed by atoms with E-state index in [2.05, 4.69) is 13.0 Å². The number of esters is 1. The summed E-state index contributed by atoms with van der Waals surface area (Å²) in [4.78, 5) is 11.3. The van der Waals surface area contributed by atoms with Gasteiger partial charge in [-0.2, -0.15) is 8.42 Å². The molecule has 1 rings (SSSR count). The Morgan fingerprint density at radius 2 is 1.91 bits per heavy atom. The van der Waals surface area contributed by atoms with Crippen LogP contribution in [0.2, 0.25) is 0 Å². The largest absolute Gasteiger partial charge is 0.452 e. The number of carbonyl (C=O) groups is 1. The lowest BCUT2D eigenvalue weighted by Gasteiger charge is -2.25. The number of rotatable bonds is 14. The van der Waals surface area contributed by atoms with Crippen LogP contribution in [0.15, 0.2) is 60.8 Å². The first-order chi connectivity index (χ1) is 15.1. The highest BCUT2D eigenvalue weighted by Gasteiger charge is 2.28. The molecule has 0 aromatic carbocycles. The van der Waals surface area contributed by atoms with Crippen molar-refractivity contribution in [3.05, 3.63) is 60.8 Å². The van der Waals surface area contributed by atoms with E-state index in [9.17, 15) is 23.4 Å². The Hall–Kier alpha value is -2.04. The number of carbonyl (C=O) groups excluding carboxylic acids is 1. The van der Waals surface area contributed by atoms with E-state index in [1.807, 2.05) is 12.2 Å². The average molecular weight is 471 g/mol. The Balaban J connectivity index is 2.67. The van der Waals surface area contributed by atoms with E-state index in [1.54, 1.807) is 19.1 Å². The van der Waals surface area contributed by atoms with Gasteiger partial charge in [0.25, 0.3) is 0 Å². The monoisotopic (exact) mass is 470 g/mol. The second-order valence-electron chi connectivity index (χ2n) is 7.52. The summed E-state index contributed by atoms with van der Waals surface area (Å²) in [5, 5.41) is 20.2. The van der Waals surface area contributed by atoms with E-state index < -0.39 is 46.7 Å². The van der Waals surface area contributed by atoms with Gasteiger partial charge in [-0.1, -0.05) is 69.2 Å². The van der Waals surface area contributed by atoms with Crippen LogP contribution in [0.3, 0.4) is 0 Å². The van der Waals surface area contributed by atoms with Gasteiger partial charge in [0.1, 0.15) is 12.2 Å². The molecule has 0 spiro atoms. The van der Waals surface area contributed by atoms with Crippen molar-refractivity contribution in [2.75, 3.05) is 0 Å². The molecule has 32 heavy (non-hydrogen) atoms. The maximum atomic E-state index is 11.3. The molecule has 0 aromatic rings. The van der Waals surface area contributed by atoms with Gasteiger partial charge in [-0.3, -0.25) is 4.55 Å². The highest BCUT2D eigenvalue weighted by Crippen LogP contribution is 2.20. The fourth-order valence-corrected chi connectivity index (χ4v) is 3.48. The fraction of sp³-hybridized carbons (Fsp3) is 0.522. The number of hydrogen-bond donors (Lipinski definition) is 3. The fourth-order valence-electron chi connectivity index (χ4n) is 2.92. The zero-order valence-electron chi connectivity index (χ0n) is 18.5. The molecular formula is C23H34O8S. The second kappa shape index (κ2) is 14.9. The molecule has 1 heterocycles. The van der Waals surface area contributed by atoms with E-state index in [0.29, 0.717) is 0 Å². The smallest absolute Gasteiger partial charge is 0.397 e. The molecule has 0 aliphatic carbocycles. The van der Waals surface area contributed by atoms with Gasteiger partial charge in [-0.25, -0.2) is 8.98 Å². The Morgan fingerprint density at radius 1 is 1.19 bits per heavy atom. The van der Waals surface area contributed by atoms with Gasteiger partial charge in [0.05, 0.1) is 12.2 Å². The van der Waals surface area contributed by atoms with Gasteiger partial charge >= 0.3 is 16.4 Å². The van der Waals surface area contributed by atoms with E-state index in [-0.39, 0.29) is 6.42 Å². The normalized spacial score (nSPS) is 22.8. The lowest BCUT2D eigenvalue weighted by molar-refractivity contribution is -0.146. The molecule has 5 atom stereocenters. The van der Waals surface area contributed by atoms with Crippen LogP contribution in [0.25, 0.3) is 0 Å². The minimum atomic E-state index is -4.76. The molecular weight excluding hydrogens is 436 g/mol. The first-order valence-electron chi connectivity index (χ1n) is 10.7. The van der Waals surface area contributed by atoms with Gasteiger partial charge < -0.3 is 14.9 Å². The van der Waals surface area contributed by atoms with Crippen molar-refractivity contribution < 1.29 is 36.9 Å². The van der Waals surface area contributed by atoms with Gasteiger partial charge in [0.2, 0.25) is 0 Å². The van der Waals surface area contributed by atoms with Crippen molar-refractivity contribution in [1.29, 1.82) is 0 Å². The number of ether oxygens (including phenoxy) is 1. The molecule has 180 valence electrons. The minimum absolute atomic E-state index is 0.0212. The molecule has 0 amide bonds. The van der Waals surface area contributed by atoms with Gasteiger partial charge in [0.15, 0.2) is 0 Å². The molecule has 0 saturated heterocycles. The summed E-state index contributed by atoms with van der Waals surface area (Å²) in [5.41, 5.74) is 0. The summed E-state index contributed by atoms with van der Waals surface area (Å²) in [6, 6.07) is 0. The van der Waals surface area contributed by atoms with Crippen molar-refractivity contribution in [1.82, 2.24) is 0 Å². The van der Waals surface area contributed by atoms with Crippen LogP contribution in [0.4, 0.5) is 0 Å². The van der Waals surface area contributed by atoms with Gasteiger partial charge in [-0.15, -0.1) is 0 Å². The summed E-state index contributed by atoms with van der Waals surface area (Å²) in [5.74, 6) is -1.30. The number of aliphatic hydroxyl groups is 2. The lowest BCUT2D eigenvalue weighted by atomic mass is 9.95. The van der Waals surface area contributed by atoms with Crippen molar-refractivity contribution in [2.24, 2.45) is 5.92 Å². The predicted octanol–water partition coefficient (Wildman–Crippen LogP) is 3.21. The van der Waals surface area contributed by atoms with E-state index >= 15 is 0 Å². The molecule has 1 aliphatic heterocycles. The van der Waals surface area contributed by atoms with Gasteiger partial charge in [-0.05, 0) is 31.4 Å². The Morgan fingerprint density at radius 3 is 2.59 bits per heavy atom. The van der Waals surface area contributed by atoms with Crippen molar-refractivity contribution >= 4 is 16.4 Å². The summed E-state index contributed by atoms with van der Waals surface area (Å²) >= 11 is 0. The summed E-state index contributed by atoms with van der Waals surface area (Å²) < 4.78 is 41.2. The molecule has 0 saturated carbocycles. The molecule has 0 fully saturated rings. The number of unbranched alkanes of at least 4 members (excludes halogenated alkanes) is 3. The van der Waals surface area contributed by atoms with Crippen molar-refractivity contribution in [2.45, 2.75) is 70.4 Å². The molecule has 3 N–H and O–H groups in total. The molecule has 0 unspecified atom stereocenters. The van der Waals surface area contributed by atoms with Crippen LogP contribution in [0.1, 0.15) is 46.0 Å². The first-order valence-corrected chi connectivity index (χ1v) is 12.1. The highest BCUT2D eigenvalue weighted by molar-refractivity contribution is 7.80. The lowest BCUT2D eigenvalue weighted by Crippen LogP contribution is -2.33. The van der Waals surface area contributed by atoms with Crippen LogP contribution in [-0.2, 0) is 24.1 Å². The van der Waals surface area contributed by atoms with Crippen LogP contribution < -0.4 is 0 Å². The van der Waals surface area contributed by atoms with Gasteiger partial charge in [0, 0.05) is 12.0 Å². The van der Waals surface area contributed by atoms with E-state index in [1.165, 1.54) is 37.1 Å². The molecule has 0 aromatic heterocycles. The van der Waals surface area contributed by atoms with Crippen LogP contribution in [0.5, 0.6) is 0 Å². The third kappa shape index (κ3) is 12.1. The third-order valence-corrected chi connectivity index (χ3v) is 5.33. The highest BCUT2D eigenvalue weighted by atomic mass is 32.3. The number of cyclic esters (lactones) is 1. The Labute approximate surface area is 190 Å². The molecule has 0 radical (unpaired) electrons. The summed E-state index contributed by atoms with van der Waals surface area (Å²) in [6.45, 7) is 3.73. The SMILES string of the molecule is CCCCC/C=C/C=C/C=C/[C@H](O)[C@H](C)[C@@H](C/C=C/[C@@H]1OC(=O)C=C[C@@H]1O)OS(=O)(=O)O. The number of hydrogen-bond acceptors (Lipinski definition) is 7. The zero-order valence-corrected chi connectivity index (χ0v) is 19.3. The third-order valence-electron chi connectivity index (χ3n) is 4.83. The zero-order chi connectivity index (χ0) is 24.0. The first kappa shape index (κ1) is 28.0. The standard InChI is InChI=1S/C23H34O8S/c1-3-4-5-6-7-8-9-10-11-13-19(24)18(2)21(31-32(27,28)29)14-12-15-22-20(25)16-17-23(26)30-22/h7-13,15-22,24-25H,3-6,14H2,1-2H3,(H,27,28,29)/b8-7+,10-9+,13-11+,15-12+/t18-,19-,20-,21+,22-/m0/s1. The quantitative estimate of drug-likeness (QED) is 0.116. The van der Waals surface area contributed by atoms with Crippen molar-refractivity contribution in [3.63, 3.8) is 0 Å². The number of aliphatic hydroxyl groups excluding tert-OH is 2. The molecule has 1 aliphatic rings. The summed E-state index contributed by atoms with van der Waals surface area (Å²) in [7, 11) is -4.76. The minimum Gasteiger partial charge on any atom is -0.452 e. The van der Waals surface area contributed by atoms with E-state index in [4.69, 9.17) is 13.5 Å². The Bertz CT molecular complexity index is 810. The van der Waals surface area contributed by atoms with Crippen LogP contribution in [0, 0.1) is 5.92 Å². The molecule has 0 bridgehead atoms. The molecule has 8 nitrogen and oxygen atoms in total. The molecule has 9 heteroatoms. The van der Waals surface area contributed by atoms with Crippen molar-refractivity contribution in [3.8, 4) is 0 Å².